The number of aromatic carboxylic acids is 1. The lowest BCUT2D eigenvalue weighted by Crippen LogP contribution is -2.06. The van der Waals surface area contributed by atoms with Crippen molar-refractivity contribution in [2.45, 2.75) is 20.0 Å². The molecule has 1 heterocycles. The summed E-state index contributed by atoms with van der Waals surface area (Å²) in [7, 11) is 0. The summed E-state index contributed by atoms with van der Waals surface area (Å²) in [5.74, 6) is -0.147. The molecule has 5 heteroatoms. The number of carboxylic acid groups (broad SMARTS) is 1. The maximum Gasteiger partial charge on any atom is 0.339 e. The highest BCUT2D eigenvalue weighted by molar-refractivity contribution is 5.90. The van der Waals surface area contributed by atoms with E-state index in [0.717, 1.165) is 5.69 Å². The Kier molecular flexibility index (Phi) is 3.32. The highest BCUT2D eigenvalue weighted by atomic mass is 16.5. The first-order chi connectivity index (χ1) is 8.58. The van der Waals surface area contributed by atoms with E-state index in [2.05, 4.69) is 5.16 Å². The minimum absolute atomic E-state index is 0.126. The predicted molar refractivity (Wildman–Crippen MR) is 63.7 cm³/mol. The van der Waals surface area contributed by atoms with Crippen LogP contribution in [0.25, 0.3) is 0 Å². The summed E-state index contributed by atoms with van der Waals surface area (Å²) in [4.78, 5) is 11.0. The predicted octanol–water partition coefficient (Wildman–Crippen LogP) is 2.82. The number of para-hydroxylation sites is 1. The summed E-state index contributed by atoms with van der Waals surface area (Å²) in [6.45, 7) is 3.59. The number of aromatic nitrogens is 1. The average Bonchev–Trinajstić information content (AvgIpc) is 2.76. The fraction of sp³-hybridized carbons (Fsp3) is 0.231. The summed E-state index contributed by atoms with van der Waals surface area (Å²) in [6, 6.07) is 8.24. The van der Waals surface area contributed by atoms with Crippen molar-refractivity contribution in [2.75, 3.05) is 0 Å². The van der Waals surface area contributed by atoms with Crippen molar-refractivity contribution in [2.24, 2.45) is 0 Å². The van der Waals surface area contributed by atoms with Crippen LogP contribution in [0.1, 0.15) is 34.8 Å². The van der Waals surface area contributed by atoms with Gasteiger partial charge in [0.15, 0.2) is 11.9 Å². The average molecular weight is 247 g/mol. The molecule has 18 heavy (non-hydrogen) atoms. The molecule has 1 aromatic carbocycles. The minimum atomic E-state index is -1.02. The Balaban J connectivity index is 2.21. The topological polar surface area (TPSA) is 72.6 Å². The number of hydrogen-bond donors (Lipinski definition) is 1. The standard InChI is InChI=1S/C13H13NO4/c1-8-7-12(18-14-8)9(2)17-11-6-4-3-5-10(11)13(15)16/h3-7,9H,1-2H3,(H,15,16). The molecule has 5 nitrogen and oxygen atoms in total. The Bertz CT molecular complexity index is 562. The molecular formula is C13H13NO4. The number of hydrogen-bond acceptors (Lipinski definition) is 4. The number of carbonyl (C=O) groups is 1. The molecule has 1 atom stereocenters. The van der Waals surface area contributed by atoms with Gasteiger partial charge in [0.1, 0.15) is 11.3 Å². The Morgan fingerprint density at radius 1 is 1.44 bits per heavy atom. The fourth-order valence-electron chi connectivity index (χ4n) is 1.57. The number of rotatable bonds is 4. The van der Waals surface area contributed by atoms with Crippen LogP contribution in [0.5, 0.6) is 5.75 Å². The Labute approximate surface area is 104 Å². The van der Waals surface area contributed by atoms with Gasteiger partial charge in [-0.3, -0.25) is 0 Å². The zero-order chi connectivity index (χ0) is 13.1. The molecule has 0 bridgehead atoms. The molecule has 2 aromatic rings. The highest BCUT2D eigenvalue weighted by Crippen LogP contribution is 2.25. The van der Waals surface area contributed by atoms with Crippen LogP contribution in [0, 0.1) is 6.92 Å². The van der Waals surface area contributed by atoms with E-state index in [4.69, 9.17) is 14.4 Å². The molecule has 0 radical (unpaired) electrons. The normalized spacial score (nSPS) is 12.1. The van der Waals surface area contributed by atoms with Crippen LogP contribution in [0.3, 0.4) is 0 Å². The first-order valence-corrected chi connectivity index (χ1v) is 5.50. The van der Waals surface area contributed by atoms with Gasteiger partial charge in [0, 0.05) is 6.07 Å². The SMILES string of the molecule is Cc1cc(C(C)Oc2ccccc2C(=O)O)on1. The van der Waals surface area contributed by atoms with Gasteiger partial charge in [-0.1, -0.05) is 17.3 Å². The Morgan fingerprint density at radius 2 is 2.17 bits per heavy atom. The van der Waals surface area contributed by atoms with Crippen LogP contribution in [0.2, 0.25) is 0 Å². The maximum atomic E-state index is 11.0. The van der Waals surface area contributed by atoms with Crippen LogP contribution < -0.4 is 4.74 Å². The number of carboxylic acids is 1. The van der Waals surface area contributed by atoms with Crippen molar-refractivity contribution >= 4 is 5.97 Å². The Morgan fingerprint density at radius 3 is 2.78 bits per heavy atom. The molecule has 0 aliphatic heterocycles. The van der Waals surface area contributed by atoms with Gasteiger partial charge in [-0.05, 0) is 26.0 Å². The molecule has 1 N–H and O–H groups in total. The number of nitrogens with zero attached hydrogens (tertiary/aromatic N) is 1. The van der Waals surface area contributed by atoms with E-state index >= 15 is 0 Å². The van der Waals surface area contributed by atoms with Crippen LogP contribution in [-0.4, -0.2) is 16.2 Å². The zero-order valence-electron chi connectivity index (χ0n) is 10.1. The minimum Gasteiger partial charge on any atom is -0.482 e. The van der Waals surface area contributed by atoms with E-state index in [1.54, 1.807) is 31.2 Å². The van der Waals surface area contributed by atoms with Gasteiger partial charge in [-0.15, -0.1) is 0 Å². The van der Waals surface area contributed by atoms with Gasteiger partial charge in [-0.25, -0.2) is 4.79 Å². The monoisotopic (exact) mass is 247 g/mol. The lowest BCUT2D eigenvalue weighted by Gasteiger charge is -2.13. The third-order valence-corrected chi connectivity index (χ3v) is 2.47. The van der Waals surface area contributed by atoms with Crippen molar-refractivity contribution in [1.29, 1.82) is 0 Å². The van der Waals surface area contributed by atoms with Gasteiger partial charge in [0.2, 0.25) is 0 Å². The summed E-state index contributed by atoms with van der Waals surface area (Å²) < 4.78 is 10.7. The van der Waals surface area contributed by atoms with E-state index in [-0.39, 0.29) is 5.56 Å². The molecule has 1 aromatic heterocycles. The van der Waals surface area contributed by atoms with E-state index < -0.39 is 12.1 Å². The zero-order valence-corrected chi connectivity index (χ0v) is 10.1. The van der Waals surface area contributed by atoms with Crippen LogP contribution in [0.15, 0.2) is 34.9 Å². The van der Waals surface area contributed by atoms with Gasteiger partial charge in [-0.2, -0.15) is 0 Å². The molecule has 0 amide bonds. The first kappa shape index (κ1) is 12.2. The van der Waals surface area contributed by atoms with Crippen molar-refractivity contribution < 1.29 is 19.2 Å². The molecule has 0 aliphatic rings. The molecule has 2 rings (SSSR count). The van der Waals surface area contributed by atoms with Crippen molar-refractivity contribution in [3.8, 4) is 5.75 Å². The summed E-state index contributed by atoms with van der Waals surface area (Å²) in [5.41, 5.74) is 0.882. The van der Waals surface area contributed by atoms with Gasteiger partial charge in [0.25, 0.3) is 0 Å². The molecule has 0 spiro atoms. The van der Waals surface area contributed by atoms with Crippen molar-refractivity contribution in [3.63, 3.8) is 0 Å². The van der Waals surface area contributed by atoms with Crippen molar-refractivity contribution in [1.82, 2.24) is 5.16 Å². The van der Waals surface area contributed by atoms with Crippen LogP contribution in [-0.2, 0) is 0 Å². The molecule has 0 saturated heterocycles. The largest absolute Gasteiger partial charge is 0.482 e. The van der Waals surface area contributed by atoms with Crippen LogP contribution in [0.4, 0.5) is 0 Å². The summed E-state index contributed by atoms with van der Waals surface area (Å²) >= 11 is 0. The molecule has 0 aliphatic carbocycles. The van der Waals surface area contributed by atoms with E-state index in [9.17, 15) is 4.79 Å². The van der Waals surface area contributed by atoms with E-state index in [1.165, 1.54) is 6.07 Å². The maximum absolute atomic E-state index is 11.0. The molecule has 0 saturated carbocycles. The summed E-state index contributed by atoms with van der Waals surface area (Å²) in [5, 5.41) is 12.8. The first-order valence-electron chi connectivity index (χ1n) is 5.50. The lowest BCUT2D eigenvalue weighted by atomic mass is 10.2. The molecule has 94 valence electrons. The molecule has 1 unspecified atom stereocenters. The second-order valence-corrected chi connectivity index (χ2v) is 3.93. The lowest BCUT2D eigenvalue weighted by molar-refractivity contribution is 0.0688. The smallest absolute Gasteiger partial charge is 0.339 e. The Hall–Kier alpha value is -2.30. The fourth-order valence-corrected chi connectivity index (χ4v) is 1.57. The quantitative estimate of drug-likeness (QED) is 0.899. The van der Waals surface area contributed by atoms with E-state index in [0.29, 0.717) is 11.5 Å². The molecule has 0 fully saturated rings. The molecular weight excluding hydrogens is 234 g/mol. The second-order valence-electron chi connectivity index (χ2n) is 3.93. The summed E-state index contributed by atoms with van der Waals surface area (Å²) in [6.07, 6.45) is -0.397. The van der Waals surface area contributed by atoms with Gasteiger partial charge < -0.3 is 14.4 Å². The van der Waals surface area contributed by atoms with Crippen molar-refractivity contribution in [3.05, 3.63) is 47.3 Å². The van der Waals surface area contributed by atoms with E-state index in [1.807, 2.05) is 6.92 Å². The van der Waals surface area contributed by atoms with Crippen LogP contribution >= 0.6 is 0 Å². The number of ether oxygens (including phenoxy) is 1. The third kappa shape index (κ3) is 2.51. The third-order valence-electron chi connectivity index (χ3n) is 2.47. The van der Waals surface area contributed by atoms with Gasteiger partial charge in [0.05, 0.1) is 5.69 Å². The number of aryl methyl sites for hydroxylation is 1. The number of benzene rings is 1. The second kappa shape index (κ2) is 4.91. The van der Waals surface area contributed by atoms with Gasteiger partial charge >= 0.3 is 5.97 Å². The highest BCUT2D eigenvalue weighted by Gasteiger charge is 2.16.